The van der Waals surface area contributed by atoms with Crippen molar-refractivity contribution >= 4 is 43.6 Å². The molecule has 4 heteroatoms. The first-order valence-corrected chi connectivity index (χ1v) is 15.9. The molecule has 0 aliphatic rings. The molecule has 0 aliphatic heterocycles. The van der Waals surface area contributed by atoms with Crippen molar-refractivity contribution in [1.29, 1.82) is 10.5 Å². The smallest absolute Gasteiger partial charge is 0.101 e. The van der Waals surface area contributed by atoms with Crippen LogP contribution in [0.4, 0.5) is 0 Å². The summed E-state index contributed by atoms with van der Waals surface area (Å²) in [6.07, 6.45) is 0. The second-order valence-corrected chi connectivity index (χ2v) is 12.0. The fraction of sp³-hybridized carbons (Fsp3) is 0. The highest BCUT2D eigenvalue weighted by Crippen LogP contribution is 2.43. The SMILES string of the molecule is N#Cc1ccc(-c2cc(-c3ccc4c(c3)c3ccccc3n4-c3ccccc3)cc3c4ccccc4n(-c4ccccc4)c23)cc1C#N. The third-order valence-electron chi connectivity index (χ3n) is 9.37. The average Bonchev–Trinajstić information content (AvgIpc) is 3.67. The molecule has 0 fully saturated rings. The van der Waals surface area contributed by atoms with Crippen LogP contribution in [-0.4, -0.2) is 9.13 Å². The molecule has 0 spiro atoms. The monoisotopic (exact) mass is 610 g/mol. The Balaban J connectivity index is 1.37. The van der Waals surface area contributed by atoms with E-state index >= 15 is 0 Å². The van der Waals surface area contributed by atoms with Gasteiger partial charge in [-0.3, -0.25) is 0 Å². The summed E-state index contributed by atoms with van der Waals surface area (Å²) in [5.41, 5.74) is 11.5. The third-order valence-corrected chi connectivity index (χ3v) is 9.37. The van der Waals surface area contributed by atoms with Gasteiger partial charge in [0.25, 0.3) is 0 Å². The van der Waals surface area contributed by atoms with Crippen molar-refractivity contribution < 1.29 is 0 Å². The van der Waals surface area contributed by atoms with Crippen LogP contribution in [-0.2, 0) is 0 Å². The molecule has 0 saturated carbocycles. The van der Waals surface area contributed by atoms with E-state index in [-0.39, 0.29) is 0 Å². The fourth-order valence-electron chi connectivity index (χ4n) is 7.24. The quantitative estimate of drug-likeness (QED) is 0.199. The van der Waals surface area contributed by atoms with E-state index in [1.807, 2.05) is 24.3 Å². The molecule has 9 rings (SSSR count). The predicted octanol–water partition coefficient (Wildman–Crippen LogP) is 11.0. The van der Waals surface area contributed by atoms with Gasteiger partial charge in [-0.25, -0.2) is 0 Å². The van der Waals surface area contributed by atoms with Crippen molar-refractivity contribution in [3.8, 4) is 45.8 Å². The first kappa shape index (κ1) is 27.4. The van der Waals surface area contributed by atoms with Crippen LogP contribution in [0.25, 0.3) is 77.2 Å². The predicted molar refractivity (Wildman–Crippen MR) is 195 cm³/mol. The minimum Gasteiger partial charge on any atom is -0.309 e. The normalized spacial score (nSPS) is 11.3. The lowest BCUT2D eigenvalue weighted by molar-refractivity contribution is 1.18. The van der Waals surface area contributed by atoms with Gasteiger partial charge in [0, 0.05) is 38.5 Å². The number of para-hydroxylation sites is 4. The summed E-state index contributed by atoms with van der Waals surface area (Å²) in [6.45, 7) is 0. The maximum Gasteiger partial charge on any atom is 0.101 e. The van der Waals surface area contributed by atoms with Gasteiger partial charge in [0.1, 0.15) is 12.1 Å². The molecule has 0 aliphatic carbocycles. The van der Waals surface area contributed by atoms with Gasteiger partial charge >= 0.3 is 0 Å². The molecule has 2 heterocycles. The van der Waals surface area contributed by atoms with Crippen LogP contribution in [0, 0.1) is 22.7 Å². The topological polar surface area (TPSA) is 57.4 Å². The van der Waals surface area contributed by atoms with Gasteiger partial charge in [0.2, 0.25) is 0 Å². The Morgan fingerprint density at radius 1 is 0.375 bits per heavy atom. The summed E-state index contributed by atoms with van der Waals surface area (Å²) in [6, 6.07) is 59.2. The van der Waals surface area contributed by atoms with Crippen molar-refractivity contribution in [2.45, 2.75) is 0 Å². The first-order chi connectivity index (χ1) is 23.7. The van der Waals surface area contributed by atoms with Crippen LogP contribution in [0.2, 0.25) is 0 Å². The Hall–Kier alpha value is -6.88. The number of nitriles is 2. The van der Waals surface area contributed by atoms with E-state index in [2.05, 4.69) is 149 Å². The molecule has 0 radical (unpaired) electrons. The number of benzene rings is 7. The molecular weight excluding hydrogens is 585 g/mol. The summed E-state index contributed by atoms with van der Waals surface area (Å²) in [4.78, 5) is 0. The minimum atomic E-state index is 0.367. The number of rotatable bonds is 4. The van der Waals surface area contributed by atoms with E-state index in [1.54, 1.807) is 6.07 Å². The summed E-state index contributed by atoms with van der Waals surface area (Å²) >= 11 is 0. The second-order valence-electron chi connectivity index (χ2n) is 12.0. The molecule has 0 N–H and O–H groups in total. The van der Waals surface area contributed by atoms with Gasteiger partial charge in [-0.05, 0) is 89.5 Å². The van der Waals surface area contributed by atoms with Crippen molar-refractivity contribution in [3.63, 3.8) is 0 Å². The van der Waals surface area contributed by atoms with Gasteiger partial charge in [-0.15, -0.1) is 0 Å². The molecule has 0 bridgehead atoms. The first-order valence-electron chi connectivity index (χ1n) is 15.9. The largest absolute Gasteiger partial charge is 0.309 e. The maximum atomic E-state index is 9.98. The van der Waals surface area contributed by atoms with E-state index < -0.39 is 0 Å². The Labute approximate surface area is 277 Å². The molecule has 222 valence electrons. The van der Waals surface area contributed by atoms with Crippen molar-refractivity contribution in [2.75, 3.05) is 0 Å². The Morgan fingerprint density at radius 3 is 1.60 bits per heavy atom. The van der Waals surface area contributed by atoms with Crippen LogP contribution in [0.1, 0.15) is 11.1 Å². The number of hydrogen-bond donors (Lipinski definition) is 0. The van der Waals surface area contributed by atoms with Crippen LogP contribution < -0.4 is 0 Å². The molecular formula is C44H26N4. The molecule has 48 heavy (non-hydrogen) atoms. The summed E-state index contributed by atoms with van der Waals surface area (Å²) < 4.78 is 4.64. The number of fused-ring (bicyclic) bond motifs is 6. The highest BCUT2D eigenvalue weighted by Gasteiger charge is 2.20. The van der Waals surface area contributed by atoms with Crippen molar-refractivity contribution in [1.82, 2.24) is 9.13 Å². The zero-order chi connectivity index (χ0) is 32.2. The lowest BCUT2D eigenvalue weighted by atomic mass is 9.93. The zero-order valence-electron chi connectivity index (χ0n) is 25.8. The maximum absolute atomic E-state index is 9.98. The van der Waals surface area contributed by atoms with Crippen LogP contribution in [0.5, 0.6) is 0 Å². The van der Waals surface area contributed by atoms with Crippen LogP contribution >= 0.6 is 0 Å². The highest BCUT2D eigenvalue weighted by molar-refractivity contribution is 6.16. The molecule has 0 saturated heterocycles. The molecule has 2 aromatic heterocycles. The number of nitrogens with zero attached hydrogens (tertiary/aromatic N) is 4. The number of hydrogen-bond acceptors (Lipinski definition) is 2. The van der Waals surface area contributed by atoms with E-state index in [1.165, 1.54) is 16.3 Å². The molecule has 7 aromatic carbocycles. The highest BCUT2D eigenvalue weighted by atomic mass is 15.0. The van der Waals surface area contributed by atoms with Crippen molar-refractivity contribution in [2.24, 2.45) is 0 Å². The molecule has 9 aromatic rings. The van der Waals surface area contributed by atoms with Crippen LogP contribution in [0.3, 0.4) is 0 Å². The second kappa shape index (κ2) is 10.9. The molecule has 4 nitrogen and oxygen atoms in total. The van der Waals surface area contributed by atoms with Gasteiger partial charge in [0.05, 0.1) is 33.2 Å². The summed E-state index contributed by atoms with van der Waals surface area (Å²) in [5, 5.41) is 24.3. The third kappa shape index (κ3) is 4.14. The Bertz CT molecular complexity index is 2790. The Kier molecular flexibility index (Phi) is 6.22. The minimum absolute atomic E-state index is 0.367. The average molecular weight is 611 g/mol. The molecule has 0 unspecified atom stereocenters. The molecule has 0 atom stereocenters. The van der Waals surface area contributed by atoms with E-state index in [9.17, 15) is 10.5 Å². The zero-order valence-corrected chi connectivity index (χ0v) is 25.8. The van der Waals surface area contributed by atoms with E-state index in [0.717, 1.165) is 61.0 Å². The lowest BCUT2D eigenvalue weighted by Gasteiger charge is -2.14. The van der Waals surface area contributed by atoms with E-state index in [0.29, 0.717) is 11.1 Å². The number of aromatic nitrogens is 2. The molecule has 0 amide bonds. The lowest BCUT2D eigenvalue weighted by Crippen LogP contribution is -1.96. The van der Waals surface area contributed by atoms with Gasteiger partial charge in [-0.2, -0.15) is 10.5 Å². The fourth-order valence-corrected chi connectivity index (χ4v) is 7.24. The van der Waals surface area contributed by atoms with Gasteiger partial charge < -0.3 is 9.13 Å². The van der Waals surface area contributed by atoms with Crippen molar-refractivity contribution in [3.05, 3.63) is 169 Å². The standard InChI is InChI=1S/C44H26N4/c45-27-31-20-19-30(23-33(31)28-46)38-25-32(26-40-37-16-8-10-18-42(37)48(44(38)40)35-13-5-2-6-14-35)29-21-22-43-39(24-29)36-15-7-9-17-41(36)47(43)34-11-3-1-4-12-34/h1-26H. The van der Waals surface area contributed by atoms with Crippen LogP contribution in [0.15, 0.2) is 158 Å². The van der Waals surface area contributed by atoms with Gasteiger partial charge in [0.15, 0.2) is 0 Å². The van der Waals surface area contributed by atoms with Gasteiger partial charge in [-0.1, -0.05) is 84.9 Å². The Morgan fingerprint density at radius 2 is 0.917 bits per heavy atom. The summed E-state index contributed by atoms with van der Waals surface area (Å²) in [7, 11) is 0. The van der Waals surface area contributed by atoms with E-state index in [4.69, 9.17) is 0 Å². The summed E-state index contributed by atoms with van der Waals surface area (Å²) in [5.74, 6) is 0.